The normalized spacial score (nSPS) is 11.5. The molecule has 4 N–H and O–H groups in total. The average molecular weight is 389 g/mol. The number of hydrogen-bond acceptors (Lipinski definition) is 4. The van der Waals surface area contributed by atoms with E-state index in [0.717, 1.165) is 12.1 Å². The molecule has 3 rings (SSSR count). The Morgan fingerprint density at radius 2 is 1.96 bits per heavy atom. The first-order chi connectivity index (χ1) is 13.2. The van der Waals surface area contributed by atoms with Crippen LogP contribution in [-0.4, -0.2) is 27.9 Å². The van der Waals surface area contributed by atoms with Gasteiger partial charge in [0.15, 0.2) is 0 Å². The van der Waals surface area contributed by atoms with Crippen LogP contribution in [-0.2, 0) is 12.6 Å². The van der Waals surface area contributed by atoms with Crippen molar-refractivity contribution in [2.45, 2.75) is 19.5 Å². The number of anilines is 1. The predicted octanol–water partition coefficient (Wildman–Crippen LogP) is 3.86. The van der Waals surface area contributed by atoms with Crippen molar-refractivity contribution in [2.24, 2.45) is 5.73 Å². The molecule has 0 bridgehead atoms. The number of nitrogens with one attached hydrogen (secondary N) is 2. The highest BCUT2D eigenvalue weighted by atomic mass is 19.4. The van der Waals surface area contributed by atoms with Crippen LogP contribution in [0.1, 0.15) is 28.4 Å². The summed E-state index contributed by atoms with van der Waals surface area (Å²) in [6.45, 7) is 1.82. The number of nitrogens with two attached hydrogens (primary N) is 1. The molecule has 0 fully saturated rings. The van der Waals surface area contributed by atoms with Gasteiger partial charge in [0.2, 0.25) is 0 Å². The third kappa shape index (κ3) is 3.68. The van der Waals surface area contributed by atoms with Crippen LogP contribution in [0, 0.1) is 0 Å². The van der Waals surface area contributed by atoms with Gasteiger partial charge in [0.1, 0.15) is 12.1 Å². The number of carbonyl (C=O) groups is 1. The van der Waals surface area contributed by atoms with Crippen LogP contribution in [0.25, 0.3) is 22.6 Å². The lowest BCUT2D eigenvalue weighted by Crippen LogP contribution is -2.12. The first-order valence-corrected chi connectivity index (χ1v) is 8.48. The summed E-state index contributed by atoms with van der Waals surface area (Å²) in [5, 5.41) is 2.87. The number of amides is 1. The number of aromatic amines is 1. The van der Waals surface area contributed by atoms with Crippen molar-refractivity contribution in [2.75, 3.05) is 12.4 Å². The summed E-state index contributed by atoms with van der Waals surface area (Å²) in [5.74, 6) is -0.199. The van der Waals surface area contributed by atoms with Crippen LogP contribution < -0.4 is 11.1 Å². The Morgan fingerprint density at radius 1 is 1.21 bits per heavy atom. The van der Waals surface area contributed by atoms with Crippen LogP contribution in [0.2, 0.25) is 0 Å². The molecule has 0 atom stereocenters. The molecule has 2 aromatic heterocycles. The van der Waals surface area contributed by atoms with Gasteiger partial charge in [0.25, 0.3) is 5.91 Å². The molecule has 6 nitrogen and oxygen atoms in total. The molecule has 0 aliphatic heterocycles. The maximum Gasteiger partial charge on any atom is 0.416 e. The molecule has 0 aliphatic rings. The van der Waals surface area contributed by atoms with Gasteiger partial charge < -0.3 is 16.0 Å². The summed E-state index contributed by atoms with van der Waals surface area (Å²) in [7, 11) is 1.69. The fourth-order valence-electron chi connectivity index (χ4n) is 2.93. The number of aryl methyl sites for hydroxylation is 1. The molecule has 9 heteroatoms. The van der Waals surface area contributed by atoms with Crippen LogP contribution in [0.5, 0.6) is 0 Å². The molecule has 1 aromatic carbocycles. The Balaban J connectivity index is 2.21. The number of nitrogens with zero attached hydrogens (tertiary/aromatic N) is 2. The second kappa shape index (κ2) is 7.34. The second-order valence-corrected chi connectivity index (χ2v) is 6.10. The zero-order chi connectivity index (χ0) is 20.5. The van der Waals surface area contributed by atoms with Crippen molar-refractivity contribution in [3.8, 4) is 22.6 Å². The van der Waals surface area contributed by atoms with Gasteiger partial charge >= 0.3 is 6.18 Å². The van der Waals surface area contributed by atoms with Gasteiger partial charge in [-0.25, -0.2) is 9.97 Å². The monoisotopic (exact) mass is 389 g/mol. The number of rotatable bonds is 5. The minimum Gasteiger partial charge on any atom is -0.373 e. The van der Waals surface area contributed by atoms with Crippen molar-refractivity contribution >= 4 is 11.7 Å². The molecule has 0 radical (unpaired) electrons. The van der Waals surface area contributed by atoms with Crippen molar-refractivity contribution < 1.29 is 18.0 Å². The van der Waals surface area contributed by atoms with E-state index in [9.17, 15) is 18.0 Å². The lowest BCUT2D eigenvalue weighted by Gasteiger charge is -2.13. The summed E-state index contributed by atoms with van der Waals surface area (Å²) in [5.41, 5.74) is 6.86. The fourth-order valence-corrected chi connectivity index (χ4v) is 2.93. The number of alkyl halides is 3. The molecular weight excluding hydrogens is 371 g/mol. The zero-order valence-electron chi connectivity index (χ0n) is 15.2. The lowest BCUT2D eigenvalue weighted by atomic mass is 9.97. The number of carbonyl (C=O) groups excluding carboxylic acids is 1. The third-order valence-corrected chi connectivity index (χ3v) is 4.37. The lowest BCUT2D eigenvalue weighted by molar-refractivity contribution is -0.137. The van der Waals surface area contributed by atoms with E-state index in [4.69, 9.17) is 5.73 Å². The van der Waals surface area contributed by atoms with Crippen LogP contribution >= 0.6 is 0 Å². The van der Waals surface area contributed by atoms with Gasteiger partial charge in [-0.3, -0.25) is 4.79 Å². The summed E-state index contributed by atoms with van der Waals surface area (Å²) >= 11 is 0. The van der Waals surface area contributed by atoms with Crippen molar-refractivity contribution in [3.05, 3.63) is 53.3 Å². The number of benzene rings is 1. The molecule has 0 saturated carbocycles. The topological polar surface area (TPSA) is 96.7 Å². The number of halogens is 3. The van der Waals surface area contributed by atoms with Crippen LogP contribution in [0.15, 0.2) is 36.7 Å². The molecule has 0 unspecified atom stereocenters. The molecule has 1 amide bonds. The number of H-pyrrole nitrogens is 1. The van der Waals surface area contributed by atoms with Gasteiger partial charge in [-0.2, -0.15) is 13.2 Å². The zero-order valence-corrected chi connectivity index (χ0v) is 15.2. The van der Waals surface area contributed by atoms with Crippen molar-refractivity contribution in [1.82, 2.24) is 15.0 Å². The molecule has 0 aliphatic carbocycles. The summed E-state index contributed by atoms with van der Waals surface area (Å²) < 4.78 is 39.6. The number of aromatic nitrogens is 3. The van der Waals surface area contributed by atoms with E-state index in [1.807, 2.05) is 6.92 Å². The van der Waals surface area contributed by atoms with E-state index in [0.29, 0.717) is 29.2 Å². The van der Waals surface area contributed by atoms with Gasteiger partial charge in [-0.15, -0.1) is 0 Å². The smallest absolute Gasteiger partial charge is 0.373 e. The number of hydrogen-bond donors (Lipinski definition) is 3. The Kier molecular flexibility index (Phi) is 5.08. The standard InChI is InChI=1S/C19H18F3N5O/c1-3-10-4-5-11(19(20,21)22)6-12(10)17-13(18(23)28)7-15(27-17)14-8-16(24-2)26-9-25-14/h4-9,27H,3H2,1-2H3,(H2,23,28)(H,24,25,26). The second-order valence-electron chi connectivity index (χ2n) is 6.10. The van der Waals surface area contributed by atoms with Crippen LogP contribution in [0.4, 0.5) is 19.0 Å². The van der Waals surface area contributed by atoms with Gasteiger partial charge in [-0.1, -0.05) is 13.0 Å². The van der Waals surface area contributed by atoms with Crippen LogP contribution in [0.3, 0.4) is 0 Å². The van der Waals surface area contributed by atoms with E-state index in [2.05, 4.69) is 20.3 Å². The fraction of sp³-hybridized carbons (Fsp3) is 0.211. The van der Waals surface area contributed by atoms with E-state index in [1.54, 1.807) is 13.1 Å². The highest BCUT2D eigenvalue weighted by Crippen LogP contribution is 2.36. The number of primary amides is 1. The molecule has 2 heterocycles. The van der Waals surface area contributed by atoms with Crippen molar-refractivity contribution in [1.29, 1.82) is 0 Å². The first kappa shape index (κ1) is 19.4. The molecule has 28 heavy (non-hydrogen) atoms. The van der Waals surface area contributed by atoms with E-state index >= 15 is 0 Å². The summed E-state index contributed by atoms with van der Waals surface area (Å²) in [6.07, 6.45) is -2.68. The Hall–Kier alpha value is -3.36. The van der Waals surface area contributed by atoms with E-state index < -0.39 is 17.6 Å². The van der Waals surface area contributed by atoms with E-state index in [1.165, 1.54) is 18.5 Å². The largest absolute Gasteiger partial charge is 0.416 e. The Labute approximate surface area is 159 Å². The Bertz CT molecular complexity index is 1030. The highest BCUT2D eigenvalue weighted by molar-refractivity contribution is 6.01. The summed E-state index contributed by atoms with van der Waals surface area (Å²) in [6, 6.07) is 6.60. The summed E-state index contributed by atoms with van der Waals surface area (Å²) in [4.78, 5) is 23.2. The van der Waals surface area contributed by atoms with Crippen molar-refractivity contribution in [3.63, 3.8) is 0 Å². The molecule has 146 valence electrons. The van der Waals surface area contributed by atoms with Gasteiger partial charge in [0.05, 0.1) is 28.2 Å². The minimum atomic E-state index is -4.50. The van der Waals surface area contributed by atoms with Gasteiger partial charge in [-0.05, 0) is 30.2 Å². The molecule has 0 spiro atoms. The Morgan fingerprint density at radius 3 is 2.57 bits per heavy atom. The molecule has 0 saturated heterocycles. The predicted molar refractivity (Wildman–Crippen MR) is 99.7 cm³/mol. The first-order valence-electron chi connectivity index (χ1n) is 8.48. The SMILES string of the molecule is CCc1ccc(C(F)(F)F)cc1-c1[nH]c(-c2cc(NC)ncn2)cc1C(N)=O. The molecular formula is C19H18F3N5O. The molecule has 3 aromatic rings. The van der Waals surface area contributed by atoms with Gasteiger partial charge in [0, 0.05) is 18.7 Å². The van der Waals surface area contributed by atoms with E-state index in [-0.39, 0.29) is 16.8 Å². The maximum absolute atomic E-state index is 13.2. The minimum absolute atomic E-state index is 0.0913. The highest BCUT2D eigenvalue weighted by Gasteiger charge is 2.31. The average Bonchev–Trinajstić information content (AvgIpc) is 3.12. The third-order valence-electron chi connectivity index (χ3n) is 4.37. The maximum atomic E-state index is 13.2. The quantitative estimate of drug-likeness (QED) is 0.617.